The van der Waals surface area contributed by atoms with Crippen LogP contribution in [0.5, 0.6) is 5.75 Å². The summed E-state index contributed by atoms with van der Waals surface area (Å²) in [5.74, 6) is 0.312. The van der Waals surface area contributed by atoms with Crippen LogP contribution in [0.4, 0.5) is 0 Å². The number of hydrogen-bond acceptors (Lipinski definition) is 2. The molecule has 0 radical (unpaired) electrons. The molecule has 1 aromatic rings. The third kappa shape index (κ3) is 8.66. The number of unbranched alkanes of at least 4 members (excludes halogenated alkanes) is 7. The molecule has 19 heavy (non-hydrogen) atoms. The van der Waals surface area contributed by atoms with E-state index in [4.69, 9.17) is 9.84 Å². The first-order valence-corrected chi connectivity index (χ1v) is 7.68. The summed E-state index contributed by atoms with van der Waals surface area (Å²) in [6, 6.07) is 7.22. The van der Waals surface area contributed by atoms with Gasteiger partial charge in [0.25, 0.3) is 0 Å². The fourth-order valence-corrected chi connectivity index (χ4v) is 2.12. The molecule has 0 fully saturated rings. The second-order valence-corrected chi connectivity index (χ2v) is 5.19. The molecule has 2 nitrogen and oxygen atoms in total. The van der Waals surface area contributed by atoms with Crippen LogP contribution in [0.15, 0.2) is 24.3 Å². The zero-order valence-corrected chi connectivity index (χ0v) is 12.2. The molecule has 0 aliphatic carbocycles. The first kappa shape index (κ1) is 16.0. The number of phenols is 1. The van der Waals surface area contributed by atoms with Crippen molar-refractivity contribution in [2.45, 2.75) is 64.9 Å². The van der Waals surface area contributed by atoms with E-state index in [1.54, 1.807) is 12.1 Å². The minimum absolute atomic E-state index is 0.312. The summed E-state index contributed by atoms with van der Waals surface area (Å²) in [5.41, 5.74) is 1.12. The summed E-state index contributed by atoms with van der Waals surface area (Å²) in [6.07, 6.45) is 10.6. The molecule has 1 N–H and O–H groups in total. The van der Waals surface area contributed by atoms with Crippen LogP contribution in [0.2, 0.25) is 0 Å². The molecule has 0 heterocycles. The van der Waals surface area contributed by atoms with Gasteiger partial charge in [-0.3, -0.25) is 0 Å². The van der Waals surface area contributed by atoms with Crippen LogP contribution in [-0.2, 0) is 11.3 Å². The Kier molecular flexibility index (Phi) is 9.17. The monoisotopic (exact) mass is 264 g/mol. The molecule has 0 aromatic heterocycles. The van der Waals surface area contributed by atoms with Gasteiger partial charge < -0.3 is 9.84 Å². The van der Waals surface area contributed by atoms with E-state index >= 15 is 0 Å². The van der Waals surface area contributed by atoms with Gasteiger partial charge in [0.2, 0.25) is 0 Å². The van der Waals surface area contributed by atoms with E-state index in [1.807, 2.05) is 12.1 Å². The third-order valence-corrected chi connectivity index (χ3v) is 3.35. The van der Waals surface area contributed by atoms with Crippen molar-refractivity contribution in [3.8, 4) is 5.75 Å². The summed E-state index contributed by atoms with van der Waals surface area (Å²) < 4.78 is 5.62. The number of aromatic hydroxyl groups is 1. The highest BCUT2D eigenvalue weighted by molar-refractivity contribution is 5.25. The SMILES string of the molecule is CCCCCCCCCCOCc1ccc(O)cc1. The highest BCUT2D eigenvalue weighted by Gasteiger charge is 1.95. The molecular weight excluding hydrogens is 236 g/mol. The molecule has 0 saturated heterocycles. The van der Waals surface area contributed by atoms with Gasteiger partial charge in [0.1, 0.15) is 5.75 Å². The van der Waals surface area contributed by atoms with Gasteiger partial charge in [-0.1, -0.05) is 64.0 Å². The zero-order chi connectivity index (χ0) is 13.8. The van der Waals surface area contributed by atoms with Crippen LogP contribution in [0, 0.1) is 0 Å². The van der Waals surface area contributed by atoms with E-state index in [-0.39, 0.29) is 0 Å². The summed E-state index contributed by atoms with van der Waals surface area (Å²) in [5, 5.41) is 9.16. The van der Waals surface area contributed by atoms with Crippen LogP contribution in [0.1, 0.15) is 63.9 Å². The molecular formula is C17H28O2. The van der Waals surface area contributed by atoms with Gasteiger partial charge in [-0.15, -0.1) is 0 Å². The van der Waals surface area contributed by atoms with Crippen LogP contribution >= 0.6 is 0 Å². The Labute approximate surface area is 117 Å². The summed E-state index contributed by atoms with van der Waals surface area (Å²) >= 11 is 0. The second-order valence-electron chi connectivity index (χ2n) is 5.19. The average molecular weight is 264 g/mol. The third-order valence-electron chi connectivity index (χ3n) is 3.35. The molecule has 108 valence electrons. The standard InChI is InChI=1S/C17H28O2/c1-2-3-4-5-6-7-8-9-14-19-15-16-10-12-17(18)13-11-16/h10-13,18H,2-9,14-15H2,1H3. The van der Waals surface area contributed by atoms with E-state index in [9.17, 15) is 0 Å². The first-order chi connectivity index (χ1) is 9.33. The van der Waals surface area contributed by atoms with Crippen molar-refractivity contribution in [2.24, 2.45) is 0 Å². The largest absolute Gasteiger partial charge is 0.508 e. The molecule has 0 atom stereocenters. The fourth-order valence-electron chi connectivity index (χ4n) is 2.12. The van der Waals surface area contributed by atoms with Crippen molar-refractivity contribution in [2.75, 3.05) is 6.61 Å². The van der Waals surface area contributed by atoms with E-state index in [1.165, 1.54) is 44.9 Å². The topological polar surface area (TPSA) is 29.5 Å². The highest BCUT2D eigenvalue weighted by Crippen LogP contribution is 2.11. The van der Waals surface area contributed by atoms with Gasteiger partial charge in [0.15, 0.2) is 0 Å². The summed E-state index contributed by atoms with van der Waals surface area (Å²) in [4.78, 5) is 0. The van der Waals surface area contributed by atoms with Crippen molar-refractivity contribution >= 4 is 0 Å². The van der Waals surface area contributed by atoms with Crippen molar-refractivity contribution in [3.63, 3.8) is 0 Å². The lowest BCUT2D eigenvalue weighted by Crippen LogP contribution is -1.95. The van der Waals surface area contributed by atoms with Crippen molar-refractivity contribution in [1.82, 2.24) is 0 Å². The molecule has 0 saturated carbocycles. The zero-order valence-electron chi connectivity index (χ0n) is 12.2. The minimum atomic E-state index is 0.312. The molecule has 2 heteroatoms. The lowest BCUT2D eigenvalue weighted by atomic mass is 10.1. The molecule has 0 aliphatic rings. The molecule has 0 bridgehead atoms. The normalized spacial score (nSPS) is 10.8. The van der Waals surface area contributed by atoms with Gasteiger partial charge in [0, 0.05) is 6.61 Å². The van der Waals surface area contributed by atoms with Crippen LogP contribution in [-0.4, -0.2) is 11.7 Å². The Morgan fingerprint density at radius 3 is 2.05 bits per heavy atom. The number of phenolic OH excluding ortho intramolecular Hbond substituents is 1. The highest BCUT2D eigenvalue weighted by atomic mass is 16.5. The predicted molar refractivity (Wildman–Crippen MR) is 80.4 cm³/mol. The van der Waals surface area contributed by atoms with Gasteiger partial charge >= 0.3 is 0 Å². The number of rotatable bonds is 11. The van der Waals surface area contributed by atoms with Gasteiger partial charge in [-0.25, -0.2) is 0 Å². The molecule has 0 spiro atoms. The maximum absolute atomic E-state index is 9.16. The summed E-state index contributed by atoms with van der Waals surface area (Å²) in [7, 11) is 0. The quantitative estimate of drug-likeness (QED) is 0.567. The van der Waals surface area contributed by atoms with Gasteiger partial charge in [0.05, 0.1) is 6.61 Å². The average Bonchev–Trinajstić information content (AvgIpc) is 2.43. The Morgan fingerprint density at radius 2 is 1.42 bits per heavy atom. The molecule has 1 rings (SSSR count). The van der Waals surface area contributed by atoms with E-state index in [2.05, 4.69) is 6.92 Å². The Bertz CT molecular complexity index is 306. The predicted octanol–water partition coefficient (Wildman–Crippen LogP) is 5.05. The number of hydrogen-bond donors (Lipinski definition) is 1. The van der Waals surface area contributed by atoms with Gasteiger partial charge in [-0.05, 0) is 24.1 Å². The maximum atomic E-state index is 9.16. The molecule has 0 amide bonds. The van der Waals surface area contributed by atoms with Crippen LogP contribution in [0.25, 0.3) is 0 Å². The smallest absolute Gasteiger partial charge is 0.115 e. The number of ether oxygens (including phenoxy) is 1. The van der Waals surface area contributed by atoms with E-state index < -0.39 is 0 Å². The van der Waals surface area contributed by atoms with Gasteiger partial charge in [-0.2, -0.15) is 0 Å². The first-order valence-electron chi connectivity index (χ1n) is 7.68. The lowest BCUT2D eigenvalue weighted by Gasteiger charge is -2.05. The lowest BCUT2D eigenvalue weighted by molar-refractivity contribution is 0.116. The summed E-state index contributed by atoms with van der Waals surface area (Å²) in [6.45, 7) is 3.75. The minimum Gasteiger partial charge on any atom is -0.508 e. The fraction of sp³-hybridized carbons (Fsp3) is 0.647. The van der Waals surface area contributed by atoms with E-state index in [0.717, 1.165) is 18.6 Å². The van der Waals surface area contributed by atoms with Crippen molar-refractivity contribution < 1.29 is 9.84 Å². The molecule has 1 aromatic carbocycles. The Morgan fingerprint density at radius 1 is 0.842 bits per heavy atom. The Hall–Kier alpha value is -1.02. The van der Waals surface area contributed by atoms with Crippen LogP contribution in [0.3, 0.4) is 0 Å². The maximum Gasteiger partial charge on any atom is 0.115 e. The molecule has 0 unspecified atom stereocenters. The second kappa shape index (κ2) is 10.9. The van der Waals surface area contributed by atoms with Crippen molar-refractivity contribution in [3.05, 3.63) is 29.8 Å². The number of benzene rings is 1. The van der Waals surface area contributed by atoms with E-state index in [0.29, 0.717) is 12.4 Å². The van der Waals surface area contributed by atoms with Crippen molar-refractivity contribution in [1.29, 1.82) is 0 Å². The Balaban J connectivity index is 1.87. The molecule has 0 aliphatic heterocycles. The van der Waals surface area contributed by atoms with Crippen LogP contribution < -0.4 is 0 Å².